The molecule has 5 heteroatoms. The van der Waals surface area contributed by atoms with Gasteiger partial charge in [-0.1, -0.05) is 31.4 Å². The van der Waals surface area contributed by atoms with Gasteiger partial charge in [-0.3, -0.25) is 9.59 Å². The summed E-state index contributed by atoms with van der Waals surface area (Å²) in [4.78, 5) is 24.3. The molecule has 1 aromatic rings. The lowest BCUT2D eigenvalue weighted by Crippen LogP contribution is -2.38. The molecule has 0 aliphatic heterocycles. The van der Waals surface area contributed by atoms with Crippen molar-refractivity contribution in [3.8, 4) is 0 Å². The van der Waals surface area contributed by atoms with E-state index in [1.165, 1.54) is 31.4 Å². The van der Waals surface area contributed by atoms with Crippen LogP contribution in [0.25, 0.3) is 0 Å². The van der Waals surface area contributed by atoms with Gasteiger partial charge < -0.3 is 10.6 Å². The first-order valence-corrected chi connectivity index (χ1v) is 8.46. The molecule has 2 saturated carbocycles. The molecule has 124 valence electrons. The van der Waals surface area contributed by atoms with Crippen molar-refractivity contribution >= 4 is 11.8 Å². The topological polar surface area (TPSA) is 58.2 Å². The number of hydrogen-bond donors (Lipinski definition) is 2. The Morgan fingerprint density at radius 3 is 2.35 bits per heavy atom. The second-order valence-corrected chi connectivity index (χ2v) is 6.64. The predicted octanol–water partition coefficient (Wildman–Crippen LogP) is 2.53. The molecule has 2 N–H and O–H groups in total. The van der Waals surface area contributed by atoms with Crippen LogP contribution in [0.1, 0.15) is 44.1 Å². The van der Waals surface area contributed by atoms with Crippen molar-refractivity contribution in [2.75, 3.05) is 0 Å². The molecule has 0 heterocycles. The first-order chi connectivity index (χ1) is 11.1. The van der Waals surface area contributed by atoms with E-state index < -0.39 is 0 Å². The van der Waals surface area contributed by atoms with Gasteiger partial charge >= 0.3 is 0 Å². The van der Waals surface area contributed by atoms with Crippen molar-refractivity contribution in [3.05, 3.63) is 35.6 Å². The molecule has 23 heavy (non-hydrogen) atoms. The predicted molar refractivity (Wildman–Crippen MR) is 84.9 cm³/mol. The van der Waals surface area contributed by atoms with Crippen LogP contribution >= 0.6 is 0 Å². The molecule has 0 bridgehead atoms. The average molecular weight is 318 g/mol. The third-order valence-electron chi connectivity index (χ3n) is 4.80. The zero-order valence-corrected chi connectivity index (χ0v) is 13.2. The molecule has 2 unspecified atom stereocenters. The Balaban J connectivity index is 1.41. The second kappa shape index (κ2) is 7.11. The number of carbonyl (C=O) groups excluding carboxylic acids is 2. The lowest BCUT2D eigenvalue weighted by molar-refractivity contribution is -0.127. The Morgan fingerprint density at radius 2 is 1.65 bits per heavy atom. The highest BCUT2D eigenvalue weighted by Crippen LogP contribution is 2.39. The van der Waals surface area contributed by atoms with Crippen LogP contribution in [-0.2, 0) is 16.1 Å². The van der Waals surface area contributed by atoms with Gasteiger partial charge in [-0.25, -0.2) is 4.39 Å². The summed E-state index contributed by atoms with van der Waals surface area (Å²) in [7, 11) is 0. The van der Waals surface area contributed by atoms with E-state index in [4.69, 9.17) is 0 Å². The van der Waals surface area contributed by atoms with Crippen LogP contribution in [0.5, 0.6) is 0 Å². The molecule has 2 amide bonds. The summed E-state index contributed by atoms with van der Waals surface area (Å²) in [6.07, 6.45) is 6.35. The number of halogens is 1. The standard InChI is InChI=1S/C18H23FN2O2/c19-13-8-6-12(7-9-13)11-20-17(22)15-10-16(15)18(23)21-14-4-2-1-3-5-14/h6-9,14-16H,1-5,10-11H2,(H,20,22)(H,21,23). The molecule has 4 nitrogen and oxygen atoms in total. The van der Waals surface area contributed by atoms with E-state index in [1.54, 1.807) is 12.1 Å². The van der Waals surface area contributed by atoms with E-state index in [0.717, 1.165) is 18.4 Å². The van der Waals surface area contributed by atoms with Crippen LogP contribution in [0, 0.1) is 17.7 Å². The van der Waals surface area contributed by atoms with Gasteiger partial charge in [0.25, 0.3) is 0 Å². The molecule has 1 aromatic carbocycles. The molecule has 0 saturated heterocycles. The molecular weight excluding hydrogens is 295 g/mol. The molecule has 3 rings (SSSR count). The Bertz CT molecular complexity index is 567. The summed E-state index contributed by atoms with van der Waals surface area (Å²) >= 11 is 0. The largest absolute Gasteiger partial charge is 0.353 e. The third kappa shape index (κ3) is 4.30. The van der Waals surface area contributed by atoms with Gasteiger partial charge in [0.2, 0.25) is 11.8 Å². The average Bonchev–Trinajstić information content (AvgIpc) is 3.36. The van der Waals surface area contributed by atoms with E-state index in [0.29, 0.717) is 19.0 Å². The maximum Gasteiger partial charge on any atom is 0.224 e. The fourth-order valence-electron chi connectivity index (χ4n) is 3.25. The number of rotatable bonds is 5. The maximum atomic E-state index is 12.8. The van der Waals surface area contributed by atoms with Gasteiger partial charge in [-0.05, 0) is 37.0 Å². The lowest BCUT2D eigenvalue weighted by Gasteiger charge is -2.22. The highest BCUT2D eigenvalue weighted by molar-refractivity contribution is 5.92. The van der Waals surface area contributed by atoms with E-state index in [2.05, 4.69) is 10.6 Å². The first kappa shape index (κ1) is 16.0. The molecule has 2 atom stereocenters. The molecule has 0 aromatic heterocycles. The summed E-state index contributed by atoms with van der Waals surface area (Å²) < 4.78 is 12.8. The van der Waals surface area contributed by atoms with Gasteiger partial charge in [0, 0.05) is 12.6 Å². The summed E-state index contributed by atoms with van der Waals surface area (Å²) in [5.41, 5.74) is 0.851. The van der Waals surface area contributed by atoms with Crippen LogP contribution < -0.4 is 10.6 Å². The minimum atomic E-state index is -0.290. The van der Waals surface area contributed by atoms with Gasteiger partial charge in [0.1, 0.15) is 5.82 Å². The fourth-order valence-corrected chi connectivity index (χ4v) is 3.25. The number of hydrogen-bond acceptors (Lipinski definition) is 2. The third-order valence-corrected chi connectivity index (χ3v) is 4.80. The highest BCUT2D eigenvalue weighted by atomic mass is 19.1. The van der Waals surface area contributed by atoms with E-state index in [9.17, 15) is 14.0 Å². The normalized spacial score (nSPS) is 24.0. The van der Waals surface area contributed by atoms with Crippen molar-refractivity contribution in [2.24, 2.45) is 11.8 Å². The van der Waals surface area contributed by atoms with Gasteiger partial charge in [-0.15, -0.1) is 0 Å². The zero-order chi connectivity index (χ0) is 16.2. The van der Waals surface area contributed by atoms with Crippen LogP contribution in [0.4, 0.5) is 4.39 Å². The van der Waals surface area contributed by atoms with E-state index >= 15 is 0 Å². The van der Waals surface area contributed by atoms with E-state index in [-0.39, 0.29) is 29.5 Å². The minimum absolute atomic E-state index is 0.0267. The van der Waals surface area contributed by atoms with Crippen molar-refractivity contribution in [2.45, 2.75) is 51.1 Å². The molecule has 2 fully saturated rings. The number of benzene rings is 1. The van der Waals surface area contributed by atoms with Gasteiger partial charge in [0.15, 0.2) is 0 Å². The Labute approximate surface area is 135 Å². The fraction of sp³-hybridized carbons (Fsp3) is 0.556. The quantitative estimate of drug-likeness (QED) is 0.876. The summed E-state index contributed by atoms with van der Waals surface area (Å²) in [5, 5.41) is 5.91. The molecular formula is C18H23FN2O2. The van der Waals surface area contributed by atoms with Crippen LogP contribution in [0.15, 0.2) is 24.3 Å². The van der Waals surface area contributed by atoms with Crippen molar-refractivity contribution in [1.29, 1.82) is 0 Å². The van der Waals surface area contributed by atoms with Crippen molar-refractivity contribution in [3.63, 3.8) is 0 Å². The SMILES string of the molecule is O=C(NCc1ccc(F)cc1)C1CC1C(=O)NC1CCCCC1. The molecule has 0 radical (unpaired) electrons. The summed E-state index contributed by atoms with van der Waals surface area (Å²) in [6.45, 7) is 0.368. The molecule has 2 aliphatic carbocycles. The highest BCUT2D eigenvalue weighted by Gasteiger charge is 2.48. The number of amides is 2. The number of carbonyl (C=O) groups is 2. The van der Waals surface area contributed by atoms with Crippen molar-refractivity contribution < 1.29 is 14.0 Å². The molecule has 0 spiro atoms. The zero-order valence-electron chi connectivity index (χ0n) is 13.2. The van der Waals surface area contributed by atoms with Crippen molar-refractivity contribution in [1.82, 2.24) is 10.6 Å². The monoisotopic (exact) mass is 318 g/mol. The van der Waals surface area contributed by atoms with Gasteiger partial charge in [0.05, 0.1) is 11.8 Å². The van der Waals surface area contributed by atoms with Crippen LogP contribution in [-0.4, -0.2) is 17.9 Å². The van der Waals surface area contributed by atoms with Crippen LogP contribution in [0.3, 0.4) is 0 Å². The Hall–Kier alpha value is -1.91. The first-order valence-electron chi connectivity index (χ1n) is 8.46. The Morgan fingerprint density at radius 1 is 1.00 bits per heavy atom. The minimum Gasteiger partial charge on any atom is -0.353 e. The van der Waals surface area contributed by atoms with E-state index in [1.807, 2.05) is 0 Å². The van der Waals surface area contributed by atoms with Crippen LogP contribution in [0.2, 0.25) is 0 Å². The molecule has 2 aliphatic rings. The maximum absolute atomic E-state index is 12.8. The summed E-state index contributed by atoms with van der Waals surface area (Å²) in [6, 6.07) is 6.34. The second-order valence-electron chi connectivity index (χ2n) is 6.64. The summed E-state index contributed by atoms with van der Waals surface area (Å²) in [5.74, 6) is -0.733. The Kier molecular flexibility index (Phi) is 4.94. The smallest absolute Gasteiger partial charge is 0.224 e. The van der Waals surface area contributed by atoms with Gasteiger partial charge in [-0.2, -0.15) is 0 Å². The number of nitrogens with one attached hydrogen (secondary N) is 2. The lowest BCUT2D eigenvalue weighted by atomic mass is 9.95.